The van der Waals surface area contributed by atoms with Crippen LogP contribution in [0.5, 0.6) is 11.5 Å². The second-order valence-corrected chi connectivity index (χ2v) is 8.39. The fourth-order valence-corrected chi connectivity index (χ4v) is 4.69. The average molecular weight is 399 g/mol. The lowest BCUT2D eigenvalue weighted by atomic mass is 9.82. The molecule has 2 aliphatic rings. The highest BCUT2D eigenvalue weighted by Gasteiger charge is 2.41. The number of nitrogens with zero attached hydrogens (tertiary/aromatic N) is 2. The van der Waals surface area contributed by atoms with Crippen LogP contribution in [0, 0.1) is 0 Å². The van der Waals surface area contributed by atoms with E-state index in [2.05, 4.69) is 24.0 Å². The molecular weight excluding hydrogens is 370 g/mol. The molecule has 0 saturated heterocycles. The Labute approximate surface area is 171 Å². The molecule has 0 saturated carbocycles. The van der Waals surface area contributed by atoms with Gasteiger partial charge in [-0.2, -0.15) is 5.10 Å². The Morgan fingerprint density at radius 1 is 1.24 bits per heavy atom. The molecule has 2 atom stereocenters. The minimum absolute atomic E-state index is 0.0470. The molecule has 1 aromatic heterocycles. The molecule has 7 nitrogen and oxygen atoms in total. The summed E-state index contributed by atoms with van der Waals surface area (Å²) in [7, 11) is 3.27. The van der Waals surface area contributed by atoms with Crippen LogP contribution in [0.3, 0.4) is 0 Å². The molecule has 2 aromatic rings. The summed E-state index contributed by atoms with van der Waals surface area (Å²) in [5.41, 5.74) is 4.15. The predicted molar refractivity (Wildman–Crippen MR) is 109 cm³/mol. The molecule has 4 rings (SSSR count). The van der Waals surface area contributed by atoms with E-state index in [1.165, 1.54) is 5.56 Å². The van der Waals surface area contributed by atoms with Crippen molar-refractivity contribution in [1.29, 1.82) is 0 Å². The summed E-state index contributed by atoms with van der Waals surface area (Å²) in [5, 5.41) is 7.44. The van der Waals surface area contributed by atoms with Crippen LogP contribution in [-0.4, -0.2) is 47.9 Å². The van der Waals surface area contributed by atoms with E-state index in [1.54, 1.807) is 14.2 Å². The van der Waals surface area contributed by atoms with E-state index in [4.69, 9.17) is 14.2 Å². The van der Waals surface area contributed by atoms with Crippen molar-refractivity contribution in [1.82, 2.24) is 15.1 Å². The average Bonchev–Trinajstić information content (AvgIpc) is 3.10. The summed E-state index contributed by atoms with van der Waals surface area (Å²) in [4.78, 5) is 15.5. The van der Waals surface area contributed by atoms with Gasteiger partial charge >= 0.3 is 0 Å². The first-order valence-corrected chi connectivity index (χ1v) is 10.1. The number of hydrogen-bond donors (Lipinski definition) is 1. The molecule has 156 valence electrons. The van der Waals surface area contributed by atoms with Gasteiger partial charge in [0.15, 0.2) is 17.2 Å². The minimum Gasteiger partial charge on any atom is -0.493 e. The van der Waals surface area contributed by atoms with Crippen molar-refractivity contribution in [3.63, 3.8) is 0 Å². The Bertz CT molecular complexity index is 950. The van der Waals surface area contributed by atoms with E-state index in [0.717, 1.165) is 23.2 Å². The van der Waals surface area contributed by atoms with Gasteiger partial charge in [-0.1, -0.05) is 0 Å². The van der Waals surface area contributed by atoms with Gasteiger partial charge < -0.3 is 19.1 Å². The number of H-pyrrole nitrogens is 1. The van der Waals surface area contributed by atoms with Gasteiger partial charge in [0, 0.05) is 18.5 Å². The smallest absolute Gasteiger partial charge is 0.275 e. The van der Waals surface area contributed by atoms with Gasteiger partial charge in [-0.25, -0.2) is 0 Å². The Morgan fingerprint density at radius 2 is 1.93 bits per heavy atom. The lowest BCUT2D eigenvalue weighted by Gasteiger charge is -2.44. The molecule has 3 heterocycles. The summed E-state index contributed by atoms with van der Waals surface area (Å²) >= 11 is 0. The van der Waals surface area contributed by atoms with Crippen LogP contribution in [-0.2, 0) is 23.1 Å². The van der Waals surface area contributed by atoms with Crippen LogP contribution in [0.1, 0.15) is 66.7 Å². The van der Waals surface area contributed by atoms with Gasteiger partial charge in [0.25, 0.3) is 5.91 Å². The van der Waals surface area contributed by atoms with Crippen LogP contribution in [0.2, 0.25) is 0 Å². The number of carbonyl (C=O) groups excluding carboxylic acids is 1. The molecule has 1 amide bonds. The van der Waals surface area contributed by atoms with Gasteiger partial charge in [-0.15, -0.1) is 0 Å². The van der Waals surface area contributed by atoms with Gasteiger partial charge in [0.05, 0.1) is 37.7 Å². The molecule has 2 aliphatic heterocycles. The second-order valence-electron chi connectivity index (χ2n) is 8.39. The van der Waals surface area contributed by atoms with E-state index in [0.29, 0.717) is 30.2 Å². The highest BCUT2D eigenvalue weighted by Crippen LogP contribution is 2.42. The first-order valence-electron chi connectivity index (χ1n) is 10.1. The molecule has 0 unspecified atom stereocenters. The van der Waals surface area contributed by atoms with E-state index >= 15 is 0 Å². The number of amides is 1. The van der Waals surface area contributed by atoms with Crippen LogP contribution in [0.15, 0.2) is 12.1 Å². The van der Waals surface area contributed by atoms with Gasteiger partial charge in [0.2, 0.25) is 0 Å². The topological polar surface area (TPSA) is 76.7 Å². The maximum absolute atomic E-state index is 13.6. The first kappa shape index (κ1) is 19.8. The zero-order valence-corrected chi connectivity index (χ0v) is 18.0. The van der Waals surface area contributed by atoms with E-state index in [1.807, 2.05) is 30.9 Å². The van der Waals surface area contributed by atoms with Crippen molar-refractivity contribution < 1.29 is 19.0 Å². The van der Waals surface area contributed by atoms with Crippen molar-refractivity contribution in [2.75, 3.05) is 20.8 Å². The summed E-state index contributed by atoms with van der Waals surface area (Å²) in [5.74, 6) is 1.34. The first-order chi connectivity index (χ1) is 13.8. The Balaban J connectivity index is 1.72. The van der Waals surface area contributed by atoms with Crippen LogP contribution in [0.4, 0.5) is 0 Å². The maximum Gasteiger partial charge on any atom is 0.275 e. The van der Waals surface area contributed by atoms with E-state index < -0.39 is 5.54 Å². The normalized spacial score (nSPS) is 22.6. The zero-order valence-electron chi connectivity index (χ0n) is 18.0. The minimum atomic E-state index is -0.502. The lowest BCUT2D eigenvalue weighted by molar-refractivity contribution is -0.00708. The number of ether oxygens (including phenoxy) is 3. The summed E-state index contributed by atoms with van der Waals surface area (Å²) in [6.45, 7) is 8.78. The van der Waals surface area contributed by atoms with Crippen LogP contribution < -0.4 is 9.47 Å². The number of hydrogen-bond acceptors (Lipinski definition) is 5. The zero-order chi connectivity index (χ0) is 20.9. The monoisotopic (exact) mass is 399 g/mol. The number of benzene rings is 1. The van der Waals surface area contributed by atoms with Crippen LogP contribution in [0.25, 0.3) is 0 Å². The lowest BCUT2D eigenvalue weighted by Crippen LogP contribution is -2.50. The number of nitrogens with one attached hydrogen (secondary N) is 1. The molecule has 0 fully saturated rings. The third kappa shape index (κ3) is 3.08. The largest absolute Gasteiger partial charge is 0.493 e. The molecule has 7 heteroatoms. The van der Waals surface area contributed by atoms with Crippen molar-refractivity contribution in [3.8, 4) is 11.5 Å². The molecular formula is C22H29N3O4. The molecule has 1 N–H and O–H groups in total. The molecule has 0 spiro atoms. The van der Waals surface area contributed by atoms with Gasteiger partial charge in [-0.05, 0) is 57.4 Å². The summed E-state index contributed by atoms with van der Waals surface area (Å²) in [6.07, 6.45) is 1.42. The van der Waals surface area contributed by atoms with Crippen LogP contribution >= 0.6 is 0 Å². The molecule has 0 bridgehead atoms. The number of aromatic nitrogens is 2. The number of aromatic amines is 1. The Kier molecular flexibility index (Phi) is 4.81. The third-order valence-electron chi connectivity index (χ3n) is 6.23. The number of fused-ring (bicyclic) bond motifs is 2. The van der Waals surface area contributed by atoms with Crippen molar-refractivity contribution in [3.05, 3.63) is 40.2 Å². The third-order valence-corrected chi connectivity index (χ3v) is 6.23. The number of methoxy groups -OCH3 is 2. The Hall–Kier alpha value is -2.54. The van der Waals surface area contributed by atoms with Gasteiger partial charge in [-0.3, -0.25) is 9.89 Å². The van der Waals surface area contributed by atoms with E-state index in [9.17, 15) is 4.79 Å². The number of rotatable bonds is 3. The molecule has 29 heavy (non-hydrogen) atoms. The van der Waals surface area contributed by atoms with Gasteiger partial charge in [0.1, 0.15) is 0 Å². The maximum atomic E-state index is 13.6. The molecule has 0 aliphatic carbocycles. The Morgan fingerprint density at radius 3 is 2.62 bits per heavy atom. The quantitative estimate of drug-likeness (QED) is 0.856. The van der Waals surface area contributed by atoms with Crippen molar-refractivity contribution in [2.45, 2.75) is 58.3 Å². The highest BCUT2D eigenvalue weighted by atomic mass is 16.5. The fraction of sp³-hybridized carbons (Fsp3) is 0.545. The molecule has 0 radical (unpaired) electrons. The molecule has 1 aromatic carbocycles. The summed E-state index contributed by atoms with van der Waals surface area (Å²) < 4.78 is 16.8. The second kappa shape index (κ2) is 7.06. The predicted octanol–water partition coefficient (Wildman–Crippen LogP) is 3.38. The van der Waals surface area contributed by atoms with Crippen molar-refractivity contribution >= 4 is 5.91 Å². The van der Waals surface area contributed by atoms with Crippen molar-refractivity contribution in [2.24, 2.45) is 0 Å². The van der Waals surface area contributed by atoms with E-state index in [-0.39, 0.29) is 18.1 Å². The fourth-order valence-electron chi connectivity index (χ4n) is 4.69. The standard InChI is InChI=1S/C22H29N3O4/c1-12-9-15-19(13(2)29-12)23-24-20(15)21(26)25-8-7-14-10-17(27-5)18(28-6)11-16(14)22(25,3)4/h10-13H,7-9H2,1-6H3,(H,23,24)/t12-,13+/m0/s1. The SMILES string of the molecule is COc1cc2c(cc1OC)C(C)(C)N(C(=O)c1n[nH]c3c1C[C@H](C)O[C@@H]3C)CC2. The summed E-state index contributed by atoms with van der Waals surface area (Å²) in [6, 6.07) is 4.01. The highest BCUT2D eigenvalue weighted by molar-refractivity contribution is 5.95. The number of carbonyl (C=O) groups is 1.